The van der Waals surface area contributed by atoms with Gasteiger partial charge in [0, 0.05) is 35.9 Å². The van der Waals surface area contributed by atoms with E-state index in [1.54, 1.807) is 49.2 Å². The van der Waals surface area contributed by atoms with Crippen LogP contribution in [-0.2, 0) is 10.0 Å². The Morgan fingerprint density at radius 2 is 1.58 bits per heavy atom. The molecule has 0 saturated heterocycles. The minimum atomic E-state index is -4.08. The van der Waals surface area contributed by atoms with E-state index in [1.807, 2.05) is 29.6 Å². The molecule has 1 N–H and O–H groups in total. The van der Waals surface area contributed by atoms with E-state index in [9.17, 15) is 8.42 Å². The van der Waals surface area contributed by atoms with Crippen LogP contribution in [0.5, 0.6) is 11.9 Å². The second kappa shape index (κ2) is 12.9. The summed E-state index contributed by atoms with van der Waals surface area (Å²) in [6.07, 6.45) is 7.88. The van der Waals surface area contributed by atoms with Crippen molar-refractivity contribution in [3.05, 3.63) is 89.4 Å². The molecule has 16 heteroatoms. The van der Waals surface area contributed by atoms with Crippen molar-refractivity contribution in [3.63, 3.8) is 0 Å². The predicted molar refractivity (Wildman–Crippen MR) is 165 cm³/mol. The largest absolute Gasteiger partial charge is 0.473 e. The van der Waals surface area contributed by atoms with Crippen molar-refractivity contribution in [2.75, 3.05) is 17.9 Å². The van der Waals surface area contributed by atoms with Gasteiger partial charge in [0.05, 0.1) is 20.6 Å². The van der Waals surface area contributed by atoms with E-state index in [0.717, 1.165) is 15.8 Å². The molecule has 6 aromatic heterocycles. The Labute approximate surface area is 262 Å². The van der Waals surface area contributed by atoms with Crippen LogP contribution < -0.4 is 14.2 Å². The Morgan fingerprint density at radius 1 is 0.791 bits per heavy atom. The number of nitrogens with one attached hydrogen (secondary N) is 1. The van der Waals surface area contributed by atoms with Crippen LogP contribution in [-0.4, -0.2) is 56.5 Å². The summed E-state index contributed by atoms with van der Waals surface area (Å²) in [5, 5.41) is 1.86. The Kier molecular flexibility index (Phi) is 8.59. The number of hydrogen-bond acceptors (Lipinski definition) is 13. The van der Waals surface area contributed by atoms with E-state index >= 15 is 0 Å². The van der Waals surface area contributed by atoms with Gasteiger partial charge < -0.3 is 9.47 Å². The molecule has 0 atom stereocenters. The van der Waals surface area contributed by atoms with Crippen molar-refractivity contribution >= 4 is 54.4 Å². The summed E-state index contributed by atoms with van der Waals surface area (Å²) in [6.45, 7) is 0.147. The third kappa shape index (κ3) is 6.83. The molecule has 6 aromatic rings. The summed E-state index contributed by atoms with van der Waals surface area (Å²) in [5.74, 6) is 0.405. The predicted octanol–water partition coefficient (Wildman–Crippen LogP) is 5.60. The van der Waals surface area contributed by atoms with E-state index in [0.29, 0.717) is 21.0 Å². The first kappa shape index (κ1) is 28.7. The maximum absolute atomic E-state index is 13.7. The van der Waals surface area contributed by atoms with Crippen LogP contribution >= 0.6 is 38.6 Å². The molecular weight excluding hydrogens is 676 g/mol. The summed E-state index contributed by atoms with van der Waals surface area (Å²) in [4.78, 5) is 31.5. The number of halogens is 1. The summed E-state index contributed by atoms with van der Waals surface area (Å²) >= 11 is 5.76. The van der Waals surface area contributed by atoms with E-state index in [1.165, 1.54) is 17.4 Å². The maximum atomic E-state index is 13.7. The molecule has 0 aliphatic carbocycles. The molecule has 0 amide bonds. The zero-order valence-electron chi connectivity index (χ0n) is 21.9. The number of ether oxygens (including phenoxy) is 2. The van der Waals surface area contributed by atoms with Gasteiger partial charge in [0.1, 0.15) is 17.4 Å². The first-order valence-electron chi connectivity index (χ1n) is 12.5. The van der Waals surface area contributed by atoms with Crippen molar-refractivity contribution in [3.8, 4) is 44.6 Å². The lowest BCUT2D eigenvalue weighted by Crippen LogP contribution is -2.16. The maximum Gasteiger partial charge on any atom is 0.316 e. The van der Waals surface area contributed by atoms with Crippen molar-refractivity contribution in [2.45, 2.75) is 4.21 Å². The molecule has 6 heterocycles. The van der Waals surface area contributed by atoms with Gasteiger partial charge in [-0.15, -0.1) is 22.7 Å². The Hall–Kier alpha value is -4.38. The number of rotatable bonds is 11. The number of pyridine rings is 1. The van der Waals surface area contributed by atoms with Gasteiger partial charge in [-0.05, 0) is 57.7 Å². The van der Waals surface area contributed by atoms with Gasteiger partial charge >= 0.3 is 6.01 Å². The molecule has 43 heavy (non-hydrogen) atoms. The Balaban J connectivity index is 1.35. The van der Waals surface area contributed by atoms with Crippen molar-refractivity contribution in [2.24, 2.45) is 0 Å². The van der Waals surface area contributed by atoms with Crippen LogP contribution in [0, 0.1) is 0 Å². The molecule has 0 bridgehead atoms. The molecule has 0 unspecified atom stereocenters. The molecule has 0 spiro atoms. The SMILES string of the molecule is O=S(=O)(Nc1nc(-c2ncccn2)nc(OCCOc2ncc(Br)cn2)c1-c1cccs1)c1ccc(-c2ccccn2)s1. The highest BCUT2D eigenvalue weighted by molar-refractivity contribution is 9.10. The lowest BCUT2D eigenvalue weighted by molar-refractivity contribution is 0.202. The monoisotopic (exact) mass is 694 g/mol. The first-order valence-corrected chi connectivity index (χ1v) is 16.4. The zero-order valence-corrected chi connectivity index (χ0v) is 25.9. The summed E-state index contributed by atoms with van der Waals surface area (Å²) in [7, 11) is -4.08. The molecule has 0 aromatic carbocycles. The summed E-state index contributed by atoms with van der Waals surface area (Å²) in [5.41, 5.74) is 1.03. The fourth-order valence-electron chi connectivity index (χ4n) is 3.71. The van der Waals surface area contributed by atoms with E-state index in [-0.39, 0.29) is 46.8 Å². The van der Waals surface area contributed by atoms with Gasteiger partial charge in [0.25, 0.3) is 10.0 Å². The minimum Gasteiger partial charge on any atom is -0.473 e. The molecule has 0 radical (unpaired) electrons. The number of anilines is 1. The molecule has 6 rings (SSSR count). The number of sulfonamides is 1. The molecule has 216 valence electrons. The standard InChI is InChI=1S/C27H19BrN8O4S3/c28-17-15-32-27(33-16-17)40-13-12-39-26-22(20-6-3-14-41-20)23(34-25(35-26)24-30-10-4-11-31-24)36-43(37,38)21-8-7-19(42-21)18-5-1-2-9-29-18/h1-11,14-16H,12-13H2,(H,34,35,36). The van der Waals surface area contributed by atoms with Crippen molar-refractivity contribution < 1.29 is 17.9 Å². The molecule has 12 nitrogen and oxygen atoms in total. The van der Waals surface area contributed by atoms with Crippen LogP contribution in [0.25, 0.3) is 32.7 Å². The zero-order chi connectivity index (χ0) is 29.6. The Bertz CT molecular complexity index is 1930. The van der Waals surface area contributed by atoms with Gasteiger partial charge in [-0.2, -0.15) is 4.98 Å². The van der Waals surface area contributed by atoms with E-state index in [4.69, 9.17) is 9.47 Å². The number of thiophene rings is 2. The Morgan fingerprint density at radius 3 is 2.33 bits per heavy atom. The minimum absolute atomic E-state index is 0.0138. The van der Waals surface area contributed by atoms with Crippen LogP contribution in [0.3, 0.4) is 0 Å². The number of aromatic nitrogens is 7. The van der Waals surface area contributed by atoms with Crippen LogP contribution in [0.15, 0.2) is 93.6 Å². The average Bonchev–Trinajstić information content (AvgIpc) is 3.75. The van der Waals surface area contributed by atoms with Crippen molar-refractivity contribution in [1.29, 1.82) is 0 Å². The van der Waals surface area contributed by atoms with E-state index < -0.39 is 10.0 Å². The summed E-state index contributed by atoms with van der Waals surface area (Å²) in [6, 6.07) is 14.2. The third-order valence-electron chi connectivity index (χ3n) is 5.55. The van der Waals surface area contributed by atoms with Crippen LogP contribution in [0.1, 0.15) is 0 Å². The van der Waals surface area contributed by atoms with Crippen LogP contribution in [0.2, 0.25) is 0 Å². The lowest BCUT2D eigenvalue weighted by Gasteiger charge is -2.16. The average molecular weight is 696 g/mol. The molecule has 0 saturated carbocycles. The second-order valence-electron chi connectivity index (χ2n) is 8.45. The highest BCUT2D eigenvalue weighted by atomic mass is 79.9. The summed E-state index contributed by atoms with van der Waals surface area (Å²) < 4.78 is 42.5. The number of nitrogens with zero attached hydrogens (tertiary/aromatic N) is 7. The van der Waals surface area contributed by atoms with Gasteiger partial charge in [0.2, 0.25) is 11.7 Å². The topological polar surface area (TPSA) is 155 Å². The van der Waals surface area contributed by atoms with Gasteiger partial charge in [0.15, 0.2) is 11.6 Å². The molecule has 0 aliphatic rings. The van der Waals surface area contributed by atoms with Crippen LogP contribution in [0.4, 0.5) is 5.82 Å². The molecule has 0 fully saturated rings. The molecular formula is C27H19BrN8O4S3. The normalized spacial score (nSPS) is 11.3. The lowest BCUT2D eigenvalue weighted by atomic mass is 10.2. The molecule has 0 aliphatic heterocycles. The second-order valence-corrected chi connectivity index (χ2v) is 13.3. The van der Waals surface area contributed by atoms with Gasteiger partial charge in [-0.1, -0.05) is 12.1 Å². The van der Waals surface area contributed by atoms with Crippen molar-refractivity contribution in [1.82, 2.24) is 34.9 Å². The highest BCUT2D eigenvalue weighted by Crippen LogP contribution is 2.40. The fraction of sp³-hybridized carbons (Fsp3) is 0.0741. The van der Waals surface area contributed by atoms with E-state index in [2.05, 4.69) is 55.5 Å². The highest BCUT2D eigenvalue weighted by Gasteiger charge is 2.26. The first-order chi connectivity index (χ1) is 21.0. The quantitative estimate of drug-likeness (QED) is 0.169. The van der Waals surface area contributed by atoms with Gasteiger partial charge in [-0.3, -0.25) is 9.71 Å². The number of hydrogen-bond donors (Lipinski definition) is 1. The third-order valence-corrected chi connectivity index (χ3v) is 9.79. The fourth-order valence-corrected chi connectivity index (χ4v) is 6.98. The van der Waals surface area contributed by atoms with Gasteiger partial charge in [-0.25, -0.2) is 33.3 Å². The smallest absolute Gasteiger partial charge is 0.316 e.